The zero-order valence-electron chi connectivity index (χ0n) is 20.2. The lowest BCUT2D eigenvalue weighted by Crippen LogP contribution is -2.46. The molecule has 0 spiro atoms. The number of benzene rings is 2. The third kappa shape index (κ3) is 6.83. The van der Waals surface area contributed by atoms with Crippen LogP contribution in [0.25, 0.3) is 0 Å². The molecule has 1 aliphatic heterocycles. The minimum Gasteiger partial charge on any atom is -0.494 e. The van der Waals surface area contributed by atoms with Crippen molar-refractivity contribution in [3.05, 3.63) is 59.7 Å². The highest BCUT2D eigenvalue weighted by molar-refractivity contribution is 5.99. The van der Waals surface area contributed by atoms with Crippen LogP contribution in [-0.4, -0.2) is 50.0 Å². The Morgan fingerprint density at radius 1 is 0.969 bits per heavy atom. The highest BCUT2D eigenvalue weighted by Gasteiger charge is 2.20. The number of piperazine rings is 1. The summed E-state index contributed by atoms with van der Waals surface area (Å²) in [7, 11) is 0. The van der Waals surface area contributed by atoms with Crippen LogP contribution in [0.15, 0.2) is 48.5 Å². The summed E-state index contributed by atoms with van der Waals surface area (Å²) >= 11 is 0. The standard InChI is InChI=1S/C28H40N2O2/c1-4-23(3)28(31)27-15-14-25(22-24(27)5-2)30-19-17-29(18-20-30)16-10-7-11-21-32-26-12-8-6-9-13-26/h6,8-9,12-15,22-23H,4-5,7,10-11,16-21H2,1-3H3. The van der Waals surface area contributed by atoms with Crippen LogP contribution in [0.2, 0.25) is 0 Å². The number of hydrogen-bond acceptors (Lipinski definition) is 4. The molecular formula is C28H40N2O2. The number of ether oxygens (including phenoxy) is 1. The van der Waals surface area contributed by atoms with Crippen molar-refractivity contribution in [2.24, 2.45) is 5.92 Å². The van der Waals surface area contributed by atoms with Gasteiger partial charge in [-0.05, 0) is 74.5 Å². The number of Topliss-reactive ketones (excluding diaryl/α,β-unsaturated/α-hetero) is 1. The molecule has 1 heterocycles. The average molecular weight is 437 g/mol. The van der Waals surface area contributed by atoms with Crippen LogP contribution in [0.3, 0.4) is 0 Å². The Bertz CT molecular complexity index is 829. The number of nitrogens with zero attached hydrogens (tertiary/aromatic N) is 2. The van der Waals surface area contributed by atoms with Gasteiger partial charge in [0.15, 0.2) is 5.78 Å². The molecule has 0 aromatic heterocycles. The van der Waals surface area contributed by atoms with E-state index < -0.39 is 0 Å². The Morgan fingerprint density at radius 2 is 1.72 bits per heavy atom. The Hall–Kier alpha value is -2.33. The fourth-order valence-corrected chi connectivity index (χ4v) is 4.31. The van der Waals surface area contributed by atoms with Gasteiger partial charge in [0.05, 0.1) is 6.61 Å². The fraction of sp³-hybridized carbons (Fsp3) is 0.536. The number of unbranched alkanes of at least 4 members (excludes halogenated alkanes) is 2. The van der Waals surface area contributed by atoms with Gasteiger partial charge in [-0.3, -0.25) is 9.69 Å². The van der Waals surface area contributed by atoms with Gasteiger partial charge in [0.25, 0.3) is 0 Å². The molecule has 1 atom stereocenters. The van der Waals surface area contributed by atoms with E-state index in [9.17, 15) is 4.79 Å². The van der Waals surface area contributed by atoms with E-state index in [1.165, 1.54) is 30.6 Å². The van der Waals surface area contributed by atoms with E-state index >= 15 is 0 Å². The zero-order valence-corrected chi connectivity index (χ0v) is 20.2. The number of rotatable bonds is 12. The summed E-state index contributed by atoms with van der Waals surface area (Å²) in [5.74, 6) is 1.35. The lowest BCUT2D eigenvalue weighted by atomic mass is 9.92. The molecule has 174 valence electrons. The van der Waals surface area contributed by atoms with Crippen molar-refractivity contribution in [3.8, 4) is 5.75 Å². The number of carbonyl (C=O) groups excluding carboxylic acids is 1. The van der Waals surface area contributed by atoms with Gasteiger partial charge < -0.3 is 9.64 Å². The summed E-state index contributed by atoms with van der Waals surface area (Å²) in [4.78, 5) is 17.7. The maximum atomic E-state index is 12.7. The van der Waals surface area contributed by atoms with Crippen molar-refractivity contribution in [1.29, 1.82) is 0 Å². The van der Waals surface area contributed by atoms with Crippen molar-refractivity contribution in [3.63, 3.8) is 0 Å². The van der Waals surface area contributed by atoms with E-state index in [0.717, 1.165) is 63.4 Å². The molecule has 1 fully saturated rings. The number of ketones is 1. The summed E-state index contributed by atoms with van der Waals surface area (Å²) in [6.45, 7) is 12.6. The molecular weight excluding hydrogens is 396 g/mol. The molecule has 4 nitrogen and oxygen atoms in total. The van der Waals surface area contributed by atoms with Crippen molar-refractivity contribution in [2.45, 2.75) is 52.9 Å². The highest BCUT2D eigenvalue weighted by Crippen LogP contribution is 2.24. The van der Waals surface area contributed by atoms with Crippen LogP contribution < -0.4 is 9.64 Å². The number of para-hydroxylation sites is 1. The first-order valence-electron chi connectivity index (χ1n) is 12.4. The molecule has 1 unspecified atom stereocenters. The predicted octanol–water partition coefficient (Wildman–Crippen LogP) is 5.85. The minimum atomic E-state index is 0.0968. The Morgan fingerprint density at radius 3 is 2.41 bits per heavy atom. The van der Waals surface area contributed by atoms with E-state index in [4.69, 9.17) is 4.74 Å². The predicted molar refractivity (Wildman–Crippen MR) is 134 cm³/mol. The summed E-state index contributed by atoms with van der Waals surface area (Å²) < 4.78 is 5.78. The fourth-order valence-electron chi connectivity index (χ4n) is 4.31. The molecule has 0 radical (unpaired) electrons. The van der Waals surface area contributed by atoms with Crippen LogP contribution >= 0.6 is 0 Å². The Labute approximate surface area is 194 Å². The molecule has 0 saturated carbocycles. The van der Waals surface area contributed by atoms with Crippen LogP contribution in [0.4, 0.5) is 5.69 Å². The number of carbonyl (C=O) groups is 1. The SMILES string of the molecule is CCc1cc(N2CCN(CCCCCOc3ccccc3)CC2)ccc1C(=O)C(C)CC. The Kier molecular flexibility index (Phi) is 9.61. The van der Waals surface area contributed by atoms with Gasteiger partial charge in [-0.1, -0.05) is 39.0 Å². The summed E-state index contributed by atoms with van der Waals surface area (Å²) in [6.07, 6.45) is 5.34. The number of hydrogen-bond donors (Lipinski definition) is 0. The van der Waals surface area contributed by atoms with Crippen molar-refractivity contribution in [2.75, 3.05) is 44.2 Å². The largest absolute Gasteiger partial charge is 0.494 e. The second-order valence-corrected chi connectivity index (χ2v) is 8.92. The monoisotopic (exact) mass is 436 g/mol. The van der Waals surface area contributed by atoms with Gasteiger partial charge in [0, 0.05) is 43.3 Å². The van der Waals surface area contributed by atoms with Crippen molar-refractivity contribution >= 4 is 11.5 Å². The van der Waals surface area contributed by atoms with Crippen molar-refractivity contribution in [1.82, 2.24) is 4.90 Å². The molecule has 1 saturated heterocycles. The van der Waals surface area contributed by atoms with Gasteiger partial charge in [-0.25, -0.2) is 0 Å². The van der Waals surface area contributed by atoms with Gasteiger partial charge in [-0.2, -0.15) is 0 Å². The maximum Gasteiger partial charge on any atom is 0.165 e. The van der Waals surface area contributed by atoms with Gasteiger partial charge in [0.2, 0.25) is 0 Å². The quantitative estimate of drug-likeness (QED) is 0.309. The van der Waals surface area contributed by atoms with E-state index in [0.29, 0.717) is 0 Å². The van der Waals surface area contributed by atoms with E-state index in [-0.39, 0.29) is 11.7 Å². The third-order valence-corrected chi connectivity index (χ3v) is 6.66. The number of anilines is 1. The minimum absolute atomic E-state index is 0.0968. The molecule has 2 aromatic carbocycles. The molecule has 2 aromatic rings. The molecule has 3 rings (SSSR count). The van der Waals surface area contributed by atoms with Crippen LogP contribution in [-0.2, 0) is 6.42 Å². The van der Waals surface area contributed by atoms with E-state index in [1.807, 2.05) is 37.3 Å². The summed E-state index contributed by atoms with van der Waals surface area (Å²) in [6, 6.07) is 16.5. The third-order valence-electron chi connectivity index (χ3n) is 6.66. The molecule has 0 amide bonds. The van der Waals surface area contributed by atoms with Crippen molar-refractivity contribution < 1.29 is 9.53 Å². The molecule has 0 bridgehead atoms. The normalized spacial score (nSPS) is 15.5. The summed E-state index contributed by atoms with van der Waals surface area (Å²) in [5, 5.41) is 0. The maximum absolute atomic E-state index is 12.7. The van der Waals surface area contributed by atoms with E-state index in [2.05, 4.69) is 41.8 Å². The topological polar surface area (TPSA) is 32.8 Å². The van der Waals surface area contributed by atoms with Crippen LogP contribution in [0, 0.1) is 5.92 Å². The highest BCUT2D eigenvalue weighted by atomic mass is 16.5. The molecule has 0 N–H and O–H groups in total. The second-order valence-electron chi connectivity index (χ2n) is 8.92. The lowest BCUT2D eigenvalue weighted by molar-refractivity contribution is 0.0926. The number of aryl methyl sites for hydroxylation is 1. The lowest BCUT2D eigenvalue weighted by Gasteiger charge is -2.36. The first-order valence-corrected chi connectivity index (χ1v) is 12.4. The second kappa shape index (κ2) is 12.6. The smallest absolute Gasteiger partial charge is 0.165 e. The average Bonchev–Trinajstić information content (AvgIpc) is 2.85. The van der Waals surface area contributed by atoms with Gasteiger partial charge in [-0.15, -0.1) is 0 Å². The summed E-state index contributed by atoms with van der Waals surface area (Å²) in [5.41, 5.74) is 3.37. The molecule has 1 aliphatic rings. The zero-order chi connectivity index (χ0) is 22.8. The molecule has 4 heteroatoms. The van der Waals surface area contributed by atoms with E-state index in [1.54, 1.807) is 0 Å². The van der Waals surface area contributed by atoms with Crippen LogP contribution in [0.5, 0.6) is 5.75 Å². The first-order chi connectivity index (χ1) is 15.6. The van der Waals surface area contributed by atoms with Gasteiger partial charge in [0.1, 0.15) is 5.75 Å². The Balaban J connectivity index is 1.39. The molecule has 32 heavy (non-hydrogen) atoms. The van der Waals surface area contributed by atoms with Crippen LogP contribution in [0.1, 0.15) is 62.4 Å². The molecule has 0 aliphatic carbocycles. The first kappa shape index (κ1) is 24.3. The van der Waals surface area contributed by atoms with Gasteiger partial charge >= 0.3 is 0 Å².